The lowest BCUT2D eigenvalue weighted by molar-refractivity contribution is -0.138. The standard InChI is InChI=1S/C18H26N2O3/c1-3-10-20(18(22)15-9-11-23-13-15)14(2)12-17(21)19-16-7-5-4-6-8-16/h4-8,14-15H,3,9-13H2,1-2H3,(H,19,21)/t14-,15-/m0/s1. The highest BCUT2D eigenvalue weighted by Crippen LogP contribution is 2.19. The number of nitrogens with zero attached hydrogens (tertiary/aromatic N) is 1. The van der Waals surface area contributed by atoms with Gasteiger partial charge in [0.05, 0.1) is 12.5 Å². The maximum absolute atomic E-state index is 12.6. The van der Waals surface area contributed by atoms with Crippen LogP contribution < -0.4 is 5.32 Å². The Morgan fingerprint density at radius 2 is 2.09 bits per heavy atom. The summed E-state index contributed by atoms with van der Waals surface area (Å²) in [4.78, 5) is 26.7. The fourth-order valence-electron chi connectivity index (χ4n) is 2.86. The van der Waals surface area contributed by atoms with E-state index in [4.69, 9.17) is 4.74 Å². The van der Waals surface area contributed by atoms with Crippen LogP contribution in [-0.2, 0) is 14.3 Å². The number of ether oxygens (including phenoxy) is 1. The zero-order valence-corrected chi connectivity index (χ0v) is 14.0. The monoisotopic (exact) mass is 318 g/mol. The fraction of sp³-hybridized carbons (Fsp3) is 0.556. The van der Waals surface area contributed by atoms with Crippen LogP contribution in [0.1, 0.15) is 33.1 Å². The van der Waals surface area contributed by atoms with Gasteiger partial charge in [-0.3, -0.25) is 9.59 Å². The van der Waals surface area contributed by atoms with Gasteiger partial charge in [0.15, 0.2) is 0 Å². The van der Waals surface area contributed by atoms with Crippen molar-refractivity contribution in [3.63, 3.8) is 0 Å². The summed E-state index contributed by atoms with van der Waals surface area (Å²) in [6.07, 6.45) is 1.96. The molecule has 1 aromatic carbocycles. The summed E-state index contributed by atoms with van der Waals surface area (Å²) in [5, 5.41) is 2.88. The topological polar surface area (TPSA) is 58.6 Å². The quantitative estimate of drug-likeness (QED) is 0.841. The van der Waals surface area contributed by atoms with Crippen LogP contribution in [0.4, 0.5) is 5.69 Å². The number of hydrogen-bond donors (Lipinski definition) is 1. The summed E-state index contributed by atoms with van der Waals surface area (Å²) in [5.41, 5.74) is 0.780. The second kappa shape index (κ2) is 8.67. The van der Waals surface area contributed by atoms with Crippen molar-refractivity contribution in [1.82, 2.24) is 4.90 Å². The molecule has 0 radical (unpaired) electrons. The van der Waals surface area contributed by atoms with Gasteiger partial charge in [0.25, 0.3) is 0 Å². The van der Waals surface area contributed by atoms with E-state index in [1.807, 2.05) is 49.1 Å². The lowest BCUT2D eigenvalue weighted by atomic mass is 10.0. The Balaban J connectivity index is 1.92. The number of rotatable bonds is 7. The van der Waals surface area contributed by atoms with Gasteiger partial charge in [0, 0.05) is 31.3 Å². The van der Waals surface area contributed by atoms with E-state index < -0.39 is 0 Å². The molecule has 2 amide bonds. The van der Waals surface area contributed by atoms with Crippen LogP contribution in [0.5, 0.6) is 0 Å². The van der Waals surface area contributed by atoms with Crippen LogP contribution in [-0.4, -0.2) is 42.5 Å². The number of hydrogen-bond acceptors (Lipinski definition) is 3. The zero-order chi connectivity index (χ0) is 16.7. The maximum atomic E-state index is 12.6. The Kier molecular flexibility index (Phi) is 6.59. The van der Waals surface area contributed by atoms with Crippen molar-refractivity contribution < 1.29 is 14.3 Å². The van der Waals surface area contributed by atoms with Crippen molar-refractivity contribution in [3.8, 4) is 0 Å². The van der Waals surface area contributed by atoms with Crippen molar-refractivity contribution >= 4 is 17.5 Å². The van der Waals surface area contributed by atoms with Gasteiger partial charge >= 0.3 is 0 Å². The number of carbonyl (C=O) groups excluding carboxylic acids is 2. The third kappa shape index (κ3) is 5.06. The Morgan fingerprint density at radius 1 is 1.35 bits per heavy atom. The van der Waals surface area contributed by atoms with Gasteiger partial charge in [-0.25, -0.2) is 0 Å². The van der Waals surface area contributed by atoms with Crippen LogP contribution in [0.15, 0.2) is 30.3 Å². The summed E-state index contributed by atoms with van der Waals surface area (Å²) in [6.45, 7) is 5.81. The molecule has 2 rings (SSSR count). The third-order valence-corrected chi connectivity index (χ3v) is 4.10. The SMILES string of the molecule is CCCN(C(=O)[C@H]1CCOC1)[C@@H](C)CC(=O)Nc1ccccc1. The second-order valence-electron chi connectivity index (χ2n) is 6.06. The molecule has 0 saturated carbocycles. The van der Waals surface area contributed by atoms with Gasteiger partial charge in [-0.2, -0.15) is 0 Å². The van der Waals surface area contributed by atoms with E-state index in [1.54, 1.807) is 0 Å². The van der Waals surface area contributed by atoms with Crippen molar-refractivity contribution in [2.45, 2.75) is 39.2 Å². The maximum Gasteiger partial charge on any atom is 0.228 e. The lowest BCUT2D eigenvalue weighted by Crippen LogP contribution is -2.44. The Morgan fingerprint density at radius 3 is 2.70 bits per heavy atom. The van der Waals surface area contributed by atoms with Gasteiger partial charge in [-0.15, -0.1) is 0 Å². The molecule has 1 N–H and O–H groups in total. The Labute approximate surface area is 138 Å². The predicted octanol–water partition coefficient (Wildman–Crippen LogP) is 2.68. The summed E-state index contributed by atoms with van der Waals surface area (Å²) < 4.78 is 5.32. The van der Waals surface area contributed by atoms with Crippen LogP contribution in [0.25, 0.3) is 0 Å². The molecule has 0 bridgehead atoms. The van der Waals surface area contributed by atoms with E-state index in [2.05, 4.69) is 5.32 Å². The highest BCUT2D eigenvalue weighted by molar-refractivity contribution is 5.91. The molecule has 126 valence electrons. The second-order valence-corrected chi connectivity index (χ2v) is 6.06. The molecule has 1 aliphatic heterocycles. The first kappa shape index (κ1) is 17.5. The summed E-state index contributed by atoms with van der Waals surface area (Å²) in [6, 6.07) is 9.26. The molecule has 0 aromatic heterocycles. The molecule has 0 unspecified atom stereocenters. The van der Waals surface area contributed by atoms with E-state index in [0.29, 0.717) is 26.2 Å². The van der Waals surface area contributed by atoms with Gasteiger partial charge in [0.1, 0.15) is 0 Å². The smallest absolute Gasteiger partial charge is 0.228 e. The highest BCUT2D eigenvalue weighted by atomic mass is 16.5. The van der Waals surface area contributed by atoms with E-state index in [-0.39, 0.29) is 23.8 Å². The van der Waals surface area contributed by atoms with E-state index in [9.17, 15) is 9.59 Å². The molecular weight excluding hydrogens is 292 g/mol. The molecule has 1 aliphatic rings. The average Bonchev–Trinajstić information content (AvgIpc) is 3.07. The van der Waals surface area contributed by atoms with Gasteiger partial charge < -0.3 is 15.0 Å². The predicted molar refractivity (Wildman–Crippen MR) is 90.1 cm³/mol. The molecule has 5 nitrogen and oxygen atoms in total. The van der Waals surface area contributed by atoms with E-state index >= 15 is 0 Å². The first-order valence-corrected chi connectivity index (χ1v) is 8.35. The third-order valence-electron chi connectivity index (χ3n) is 4.10. The molecule has 1 aromatic rings. The van der Waals surface area contributed by atoms with Gasteiger partial charge in [-0.1, -0.05) is 25.1 Å². The van der Waals surface area contributed by atoms with Crippen molar-refractivity contribution in [1.29, 1.82) is 0 Å². The minimum Gasteiger partial charge on any atom is -0.381 e. The normalized spacial score (nSPS) is 18.4. The summed E-state index contributed by atoms with van der Waals surface area (Å²) in [7, 11) is 0. The highest BCUT2D eigenvalue weighted by Gasteiger charge is 2.30. The van der Waals surface area contributed by atoms with Crippen LogP contribution in [0.2, 0.25) is 0 Å². The molecule has 1 heterocycles. The Bertz CT molecular complexity index is 512. The van der Waals surface area contributed by atoms with E-state index in [0.717, 1.165) is 18.5 Å². The lowest BCUT2D eigenvalue weighted by Gasteiger charge is -2.30. The van der Waals surface area contributed by atoms with Crippen molar-refractivity contribution in [2.24, 2.45) is 5.92 Å². The van der Waals surface area contributed by atoms with Crippen molar-refractivity contribution in [2.75, 3.05) is 25.1 Å². The molecule has 1 saturated heterocycles. The molecular formula is C18H26N2O3. The fourth-order valence-corrected chi connectivity index (χ4v) is 2.86. The first-order chi connectivity index (χ1) is 11.1. The van der Waals surface area contributed by atoms with E-state index in [1.165, 1.54) is 0 Å². The summed E-state index contributed by atoms with van der Waals surface area (Å²) >= 11 is 0. The number of carbonyl (C=O) groups is 2. The first-order valence-electron chi connectivity index (χ1n) is 8.35. The van der Waals surface area contributed by atoms with Crippen molar-refractivity contribution in [3.05, 3.63) is 30.3 Å². The van der Waals surface area contributed by atoms with Crippen LogP contribution in [0, 0.1) is 5.92 Å². The summed E-state index contributed by atoms with van der Waals surface area (Å²) in [5.74, 6) is -0.00850. The number of anilines is 1. The largest absolute Gasteiger partial charge is 0.381 e. The minimum atomic E-state index is -0.119. The zero-order valence-electron chi connectivity index (χ0n) is 14.0. The molecule has 2 atom stereocenters. The number of benzene rings is 1. The average molecular weight is 318 g/mol. The minimum absolute atomic E-state index is 0.0545. The molecule has 1 fully saturated rings. The molecule has 5 heteroatoms. The van der Waals surface area contributed by atoms with Crippen LogP contribution >= 0.6 is 0 Å². The van der Waals surface area contributed by atoms with Crippen LogP contribution in [0.3, 0.4) is 0 Å². The Hall–Kier alpha value is -1.88. The molecule has 23 heavy (non-hydrogen) atoms. The number of nitrogens with one attached hydrogen (secondary N) is 1. The number of para-hydroxylation sites is 1. The number of amides is 2. The van der Waals surface area contributed by atoms with Gasteiger partial charge in [-0.05, 0) is 31.9 Å². The van der Waals surface area contributed by atoms with Gasteiger partial charge in [0.2, 0.25) is 11.8 Å². The molecule has 0 aliphatic carbocycles. The molecule has 0 spiro atoms.